The average molecular weight is 204 g/mol. The molecule has 0 bridgehead atoms. The molecule has 1 fully saturated rings. The quantitative estimate of drug-likeness (QED) is 0.661. The van der Waals surface area contributed by atoms with Crippen LogP contribution in [0.25, 0.3) is 0 Å². The largest absolute Gasteiger partial charge is 0.375 e. The molecule has 2 nitrogen and oxygen atoms in total. The predicted octanol–water partition coefficient (Wildman–Crippen LogP) is 2.81. The van der Waals surface area contributed by atoms with Gasteiger partial charge < -0.3 is 9.30 Å². The second-order valence-electron chi connectivity index (χ2n) is 4.65. The van der Waals surface area contributed by atoms with Crippen LogP contribution in [0.5, 0.6) is 0 Å². The summed E-state index contributed by atoms with van der Waals surface area (Å²) in [5, 5.41) is 0. The van der Waals surface area contributed by atoms with E-state index in [1.165, 1.54) is 0 Å². The van der Waals surface area contributed by atoms with E-state index in [0.29, 0.717) is 18.1 Å². The van der Waals surface area contributed by atoms with Crippen LogP contribution >= 0.6 is 7.14 Å². The third kappa shape index (κ3) is 3.44. The Balaban J connectivity index is 2.54. The Labute approximate surface area is 81.4 Å². The van der Waals surface area contributed by atoms with E-state index in [2.05, 4.69) is 13.8 Å². The third-order valence-corrected chi connectivity index (χ3v) is 3.99. The van der Waals surface area contributed by atoms with Gasteiger partial charge in [-0.2, -0.15) is 0 Å². The molecule has 1 unspecified atom stereocenters. The number of hydrogen-bond acceptors (Lipinski definition) is 2. The zero-order valence-corrected chi connectivity index (χ0v) is 10.0. The van der Waals surface area contributed by atoms with E-state index in [1.54, 1.807) is 0 Å². The summed E-state index contributed by atoms with van der Waals surface area (Å²) in [4.78, 5) is 0. The summed E-state index contributed by atoms with van der Waals surface area (Å²) in [7, 11) is -1.87. The zero-order valence-electron chi connectivity index (χ0n) is 9.12. The van der Waals surface area contributed by atoms with Crippen molar-refractivity contribution in [1.29, 1.82) is 0 Å². The van der Waals surface area contributed by atoms with Gasteiger partial charge in [0.15, 0.2) is 0 Å². The SMILES string of the molecule is CC[C@H]1O[C@@H](C)CC1CP(C)(C)=O. The van der Waals surface area contributed by atoms with Crippen LogP contribution in [0.3, 0.4) is 0 Å². The summed E-state index contributed by atoms with van der Waals surface area (Å²) >= 11 is 0. The zero-order chi connectivity index (χ0) is 10.1. The Morgan fingerprint density at radius 2 is 2.08 bits per heavy atom. The highest BCUT2D eigenvalue weighted by Crippen LogP contribution is 2.43. The molecule has 1 saturated heterocycles. The molecule has 3 heteroatoms. The fourth-order valence-electron chi connectivity index (χ4n) is 2.23. The van der Waals surface area contributed by atoms with Crippen LogP contribution in [-0.2, 0) is 9.30 Å². The summed E-state index contributed by atoms with van der Waals surface area (Å²) in [6.07, 6.45) is 3.71. The molecule has 1 heterocycles. The van der Waals surface area contributed by atoms with Crippen LogP contribution in [0.1, 0.15) is 26.7 Å². The maximum atomic E-state index is 11.7. The van der Waals surface area contributed by atoms with Crippen molar-refractivity contribution < 1.29 is 9.30 Å². The van der Waals surface area contributed by atoms with Crippen molar-refractivity contribution in [2.75, 3.05) is 19.5 Å². The lowest BCUT2D eigenvalue weighted by atomic mass is 10.0. The van der Waals surface area contributed by atoms with Gasteiger partial charge in [0.2, 0.25) is 0 Å². The predicted molar refractivity (Wildman–Crippen MR) is 57.1 cm³/mol. The van der Waals surface area contributed by atoms with Crippen LogP contribution in [0.15, 0.2) is 0 Å². The minimum Gasteiger partial charge on any atom is -0.375 e. The molecule has 1 aliphatic heterocycles. The van der Waals surface area contributed by atoms with Crippen molar-refractivity contribution in [2.45, 2.75) is 38.9 Å². The molecule has 0 amide bonds. The Morgan fingerprint density at radius 1 is 1.46 bits per heavy atom. The van der Waals surface area contributed by atoms with Gasteiger partial charge in [0.1, 0.15) is 0 Å². The normalized spacial score (nSPS) is 35.2. The number of ether oxygens (including phenoxy) is 1. The van der Waals surface area contributed by atoms with E-state index < -0.39 is 7.14 Å². The molecule has 13 heavy (non-hydrogen) atoms. The van der Waals surface area contributed by atoms with Gasteiger partial charge in [0, 0.05) is 6.16 Å². The van der Waals surface area contributed by atoms with E-state index in [1.807, 2.05) is 13.3 Å². The molecular formula is C10H21O2P. The molecule has 1 aliphatic rings. The lowest BCUT2D eigenvalue weighted by Crippen LogP contribution is -2.18. The first-order valence-corrected chi connectivity index (χ1v) is 7.90. The van der Waals surface area contributed by atoms with Gasteiger partial charge in [0.25, 0.3) is 0 Å². The maximum Gasteiger partial charge on any atom is 0.0823 e. The summed E-state index contributed by atoms with van der Waals surface area (Å²) in [5.41, 5.74) is 0. The summed E-state index contributed by atoms with van der Waals surface area (Å²) in [5.74, 6) is 0.529. The molecule has 0 saturated carbocycles. The Morgan fingerprint density at radius 3 is 2.54 bits per heavy atom. The number of hydrogen-bond donors (Lipinski definition) is 0. The van der Waals surface area contributed by atoms with E-state index in [4.69, 9.17) is 4.74 Å². The molecule has 0 aromatic rings. The lowest BCUT2D eigenvalue weighted by Gasteiger charge is -2.18. The molecule has 1 rings (SSSR count). The van der Waals surface area contributed by atoms with Gasteiger partial charge in [-0.3, -0.25) is 0 Å². The molecule has 0 aromatic carbocycles. The van der Waals surface area contributed by atoms with Crippen LogP contribution in [0.4, 0.5) is 0 Å². The first-order valence-electron chi connectivity index (χ1n) is 5.12. The van der Waals surface area contributed by atoms with Gasteiger partial charge in [-0.25, -0.2) is 0 Å². The summed E-state index contributed by atoms with van der Waals surface area (Å²) < 4.78 is 17.4. The highest BCUT2D eigenvalue weighted by atomic mass is 31.2. The fraction of sp³-hybridized carbons (Fsp3) is 1.00. The van der Waals surface area contributed by atoms with Crippen LogP contribution in [0, 0.1) is 5.92 Å². The van der Waals surface area contributed by atoms with E-state index in [9.17, 15) is 4.57 Å². The molecular weight excluding hydrogens is 183 g/mol. The highest BCUT2D eigenvalue weighted by Gasteiger charge is 2.33. The van der Waals surface area contributed by atoms with Crippen molar-refractivity contribution in [2.24, 2.45) is 5.92 Å². The van der Waals surface area contributed by atoms with Crippen LogP contribution in [0.2, 0.25) is 0 Å². The molecule has 0 aromatic heterocycles. The standard InChI is InChI=1S/C10H21O2P/c1-5-10-9(6-8(2)12-10)7-13(3,4)11/h8-10H,5-7H2,1-4H3/t8-,9?,10+/m0/s1. The van der Waals surface area contributed by atoms with E-state index in [-0.39, 0.29) is 0 Å². The first-order chi connectivity index (χ1) is 5.92. The lowest BCUT2D eigenvalue weighted by molar-refractivity contribution is 0.0441. The average Bonchev–Trinajstić information content (AvgIpc) is 2.27. The Kier molecular flexibility index (Phi) is 3.59. The van der Waals surface area contributed by atoms with Gasteiger partial charge in [0.05, 0.1) is 19.3 Å². The third-order valence-electron chi connectivity index (χ3n) is 2.64. The first kappa shape index (κ1) is 11.3. The molecule has 78 valence electrons. The van der Waals surface area contributed by atoms with Crippen molar-refractivity contribution in [3.63, 3.8) is 0 Å². The van der Waals surface area contributed by atoms with Gasteiger partial charge in [-0.15, -0.1) is 0 Å². The summed E-state index contributed by atoms with van der Waals surface area (Å²) in [6.45, 7) is 8.01. The Bertz CT molecular complexity index is 209. The van der Waals surface area contributed by atoms with Gasteiger partial charge in [-0.05, 0) is 39.0 Å². The Hall–Kier alpha value is 0.190. The summed E-state index contributed by atoms with van der Waals surface area (Å²) in [6, 6.07) is 0. The maximum absolute atomic E-state index is 11.7. The van der Waals surface area contributed by atoms with E-state index in [0.717, 1.165) is 19.0 Å². The van der Waals surface area contributed by atoms with Crippen LogP contribution in [-0.4, -0.2) is 31.7 Å². The molecule has 0 spiro atoms. The molecule has 3 atom stereocenters. The monoisotopic (exact) mass is 204 g/mol. The minimum absolute atomic E-state index is 0.350. The fourth-order valence-corrected chi connectivity index (χ4v) is 3.74. The van der Waals surface area contributed by atoms with Gasteiger partial charge in [-0.1, -0.05) is 6.92 Å². The highest BCUT2D eigenvalue weighted by molar-refractivity contribution is 7.62. The van der Waals surface area contributed by atoms with E-state index >= 15 is 0 Å². The smallest absolute Gasteiger partial charge is 0.0823 e. The second kappa shape index (κ2) is 4.14. The number of rotatable bonds is 3. The topological polar surface area (TPSA) is 26.3 Å². The van der Waals surface area contributed by atoms with Gasteiger partial charge >= 0.3 is 0 Å². The second-order valence-corrected chi connectivity index (χ2v) is 8.16. The van der Waals surface area contributed by atoms with Crippen molar-refractivity contribution in [3.05, 3.63) is 0 Å². The van der Waals surface area contributed by atoms with Crippen LogP contribution < -0.4 is 0 Å². The van der Waals surface area contributed by atoms with Crippen molar-refractivity contribution in [1.82, 2.24) is 0 Å². The molecule has 0 N–H and O–H groups in total. The molecule has 0 aliphatic carbocycles. The van der Waals surface area contributed by atoms with Crippen molar-refractivity contribution >= 4 is 7.14 Å². The van der Waals surface area contributed by atoms with Crippen molar-refractivity contribution in [3.8, 4) is 0 Å². The molecule has 0 radical (unpaired) electrons. The minimum atomic E-state index is -1.87.